The second-order valence-corrected chi connectivity index (χ2v) is 10.2. The number of anilines is 2. The minimum absolute atomic E-state index is 0.324. The van der Waals surface area contributed by atoms with E-state index in [4.69, 9.17) is 0 Å². The molecule has 38 heavy (non-hydrogen) atoms. The molecule has 1 N–H and O–H groups in total. The molecule has 6 aromatic carbocycles. The number of rotatable bonds is 3. The van der Waals surface area contributed by atoms with Crippen molar-refractivity contribution in [3.8, 4) is 33.4 Å². The van der Waals surface area contributed by atoms with Crippen molar-refractivity contribution in [2.24, 2.45) is 0 Å². The lowest BCUT2D eigenvalue weighted by Gasteiger charge is -2.30. The van der Waals surface area contributed by atoms with Gasteiger partial charge < -0.3 is 5.32 Å². The summed E-state index contributed by atoms with van der Waals surface area (Å²) >= 11 is 0. The van der Waals surface area contributed by atoms with E-state index in [1.807, 2.05) is 0 Å². The number of fused-ring (bicyclic) bond motifs is 10. The molecule has 1 nitrogen and oxygen atoms in total. The number of benzene rings is 6. The van der Waals surface area contributed by atoms with Crippen molar-refractivity contribution in [1.29, 1.82) is 0 Å². The number of nitrogens with one attached hydrogen (secondary N) is 1. The fourth-order valence-electron chi connectivity index (χ4n) is 6.85. The summed E-state index contributed by atoms with van der Waals surface area (Å²) in [5.74, 6) is 0. The van der Waals surface area contributed by atoms with E-state index in [1.54, 1.807) is 0 Å². The Bertz CT molecular complexity index is 1800. The molecule has 0 atom stereocenters. The molecule has 1 spiro atoms. The summed E-state index contributed by atoms with van der Waals surface area (Å²) < 4.78 is 0. The van der Waals surface area contributed by atoms with Crippen molar-refractivity contribution in [3.63, 3.8) is 0 Å². The molecule has 0 aromatic heterocycles. The molecule has 2 aliphatic rings. The summed E-state index contributed by atoms with van der Waals surface area (Å²) in [5.41, 5.74) is 15.0. The monoisotopic (exact) mass is 483 g/mol. The first-order valence-corrected chi connectivity index (χ1v) is 13.2. The van der Waals surface area contributed by atoms with Crippen molar-refractivity contribution in [3.05, 3.63) is 168 Å². The fraction of sp³-hybridized carbons (Fsp3) is 0.0270. The highest BCUT2D eigenvalue weighted by Crippen LogP contribution is 2.63. The Labute approximate surface area is 223 Å². The number of para-hydroxylation sites is 1. The average Bonchev–Trinajstić information content (AvgIpc) is 3.46. The van der Waals surface area contributed by atoms with Gasteiger partial charge in [0.15, 0.2) is 0 Å². The Morgan fingerprint density at radius 1 is 0.342 bits per heavy atom. The average molecular weight is 484 g/mol. The maximum Gasteiger partial charge on any atom is 0.0726 e. The molecule has 0 amide bonds. The van der Waals surface area contributed by atoms with Gasteiger partial charge in [-0.2, -0.15) is 0 Å². The van der Waals surface area contributed by atoms with Gasteiger partial charge in [0.2, 0.25) is 0 Å². The smallest absolute Gasteiger partial charge is 0.0726 e. The van der Waals surface area contributed by atoms with Crippen molar-refractivity contribution in [2.75, 3.05) is 5.32 Å². The maximum atomic E-state index is 3.87. The topological polar surface area (TPSA) is 12.0 Å². The molecule has 0 bridgehead atoms. The SMILES string of the molecule is c1ccc(-c2ccccc2Nc2cccc3c2-c2ccccc2C32c3ccccc3-c3ccccc32)cc1. The fourth-order valence-corrected chi connectivity index (χ4v) is 6.85. The van der Waals surface area contributed by atoms with E-state index in [9.17, 15) is 0 Å². The highest BCUT2D eigenvalue weighted by Gasteiger charge is 2.51. The van der Waals surface area contributed by atoms with E-state index in [2.05, 4.69) is 151 Å². The number of hydrogen-bond acceptors (Lipinski definition) is 1. The van der Waals surface area contributed by atoms with Crippen LogP contribution in [0.4, 0.5) is 11.4 Å². The maximum absolute atomic E-state index is 3.87. The van der Waals surface area contributed by atoms with E-state index in [-0.39, 0.29) is 5.41 Å². The predicted octanol–water partition coefficient (Wildman–Crippen LogP) is 9.44. The van der Waals surface area contributed by atoms with Crippen LogP contribution in [0.2, 0.25) is 0 Å². The third kappa shape index (κ3) is 2.76. The van der Waals surface area contributed by atoms with Crippen LogP contribution >= 0.6 is 0 Å². The van der Waals surface area contributed by atoms with Crippen molar-refractivity contribution >= 4 is 11.4 Å². The molecular formula is C37H25N. The summed E-state index contributed by atoms with van der Waals surface area (Å²) in [4.78, 5) is 0. The summed E-state index contributed by atoms with van der Waals surface area (Å²) in [6.45, 7) is 0. The summed E-state index contributed by atoms with van der Waals surface area (Å²) in [5, 5.41) is 3.87. The molecule has 2 aliphatic carbocycles. The molecule has 0 saturated heterocycles. The van der Waals surface area contributed by atoms with Crippen LogP contribution in [0.3, 0.4) is 0 Å². The molecule has 8 rings (SSSR count). The van der Waals surface area contributed by atoms with Gasteiger partial charge in [0.1, 0.15) is 0 Å². The van der Waals surface area contributed by atoms with E-state index < -0.39 is 0 Å². The lowest BCUT2D eigenvalue weighted by molar-refractivity contribution is 0.794. The van der Waals surface area contributed by atoms with Crippen LogP contribution in [0.15, 0.2) is 146 Å². The highest BCUT2D eigenvalue weighted by atomic mass is 14.9. The van der Waals surface area contributed by atoms with Gasteiger partial charge in [0.05, 0.1) is 5.41 Å². The van der Waals surface area contributed by atoms with E-state index in [0.717, 1.165) is 11.4 Å². The highest BCUT2D eigenvalue weighted by molar-refractivity contribution is 5.99. The third-order valence-corrected chi connectivity index (χ3v) is 8.30. The summed E-state index contributed by atoms with van der Waals surface area (Å²) in [7, 11) is 0. The van der Waals surface area contributed by atoms with Crippen molar-refractivity contribution in [1.82, 2.24) is 0 Å². The van der Waals surface area contributed by atoms with Gasteiger partial charge in [0.25, 0.3) is 0 Å². The standard InChI is InChI=1S/C37H25N/c1-2-13-25(14-3-1)26-15-7-11-23-34(26)38-35-24-12-22-33-36(35)29-18-6-10-21-32(29)37(33)30-19-8-4-16-27(30)28-17-5-9-20-31(28)37/h1-24,38H. The first kappa shape index (κ1) is 21.2. The van der Waals surface area contributed by atoms with Crippen LogP contribution in [-0.4, -0.2) is 0 Å². The second-order valence-electron chi connectivity index (χ2n) is 10.2. The Morgan fingerprint density at radius 3 is 1.50 bits per heavy atom. The molecule has 0 radical (unpaired) electrons. The Morgan fingerprint density at radius 2 is 0.816 bits per heavy atom. The zero-order valence-electron chi connectivity index (χ0n) is 20.9. The lowest BCUT2D eigenvalue weighted by atomic mass is 9.70. The molecule has 178 valence electrons. The zero-order valence-corrected chi connectivity index (χ0v) is 20.9. The van der Waals surface area contributed by atoms with Crippen LogP contribution < -0.4 is 5.32 Å². The van der Waals surface area contributed by atoms with Gasteiger partial charge >= 0.3 is 0 Å². The molecule has 0 unspecified atom stereocenters. The van der Waals surface area contributed by atoms with E-state index in [0.29, 0.717) is 0 Å². The van der Waals surface area contributed by atoms with Crippen LogP contribution in [0.1, 0.15) is 22.3 Å². The van der Waals surface area contributed by atoms with E-state index >= 15 is 0 Å². The van der Waals surface area contributed by atoms with Gasteiger partial charge in [-0.15, -0.1) is 0 Å². The van der Waals surface area contributed by atoms with Gasteiger partial charge in [-0.1, -0.05) is 133 Å². The van der Waals surface area contributed by atoms with Crippen molar-refractivity contribution < 1.29 is 0 Å². The van der Waals surface area contributed by atoms with Crippen molar-refractivity contribution in [2.45, 2.75) is 5.41 Å². The van der Waals surface area contributed by atoms with Crippen LogP contribution in [0, 0.1) is 0 Å². The first-order chi connectivity index (χ1) is 18.9. The Balaban J connectivity index is 1.40. The zero-order chi connectivity index (χ0) is 25.1. The molecule has 1 heteroatoms. The normalized spacial score (nSPS) is 13.5. The minimum atomic E-state index is -0.324. The van der Waals surface area contributed by atoms with E-state index in [1.165, 1.54) is 55.6 Å². The Kier molecular flexibility index (Phi) is 4.50. The lowest BCUT2D eigenvalue weighted by Crippen LogP contribution is -2.25. The molecular weight excluding hydrogens is 458 g/mol. The summed E-state index contributed by atoms with van der Waals surface area (Å²) in [6.07, 6.45) is 0. The molecule has 6 aromatic rings. The van der Waals surface area contributed by atoms with Gasteiger partial charge in [-0.05, 0) is 56.6 Å². The van der Waals surface area contributed by atoms with Crippen LogP contribution in [0.25, 0.3) is 33.4 Å². The Hall–Kier alpha value is -4.88. The number of hydrogen-bond donors (Lipinski definition) is 1. The first-order valence-electron chi connectivity index (χ1n) is 13.2. The molecule has 0 saturated carbocycles. The minimum Gasteiger partial charge on any atom is -0.355 e. The van der Waals surface area contributed by atoms with Gasteiger partial charge in [0, 0.05) is 22.5 Å². The van der Waals surface area contributed by atoms with Gasteiger partial charge in [-0.3, -0.25) is 0 Å². The van der Waals surface area contributed by atoms with Gasteiger partial charge in [-0.25, -0.2) is 0 Å². The second kappa shape index (κ2) is 8.06. The summed E-state index contributed by atoms with van der Waals surface area (Å²) in [6, 6.07) is 52.9. The molecule has 0 aliphatic heterocycles. The quantitative estimate of drug-likeness (QED) is 0.264. The predicted molar refractivity (Wildman–Crippen MR) is 158 cm³/mol. The largest absolute Gasteiger partial charge is 0.355 e. The van der Waals surface area contributed by atoms with Crippen LogP contribution in [-0.2, 0) is 5.41 Å². The molecule has 0 heterocycles. The molecule has 0 fully saturated rings. The van der Waals surface area contributed by atoms with Crippen LogP contribution in [0.5, 0.6) is 0 Å². The third-order valence-electron chi connectivity index (χ3n) is 8.30.